The number of hydrogen-bond acceptors (Lipinski definition) is 2. The van der Waals surface area contributed by atoms with Gasteiger partial charge in [-0.3, -0.25) is 4.79 Å². The molecule has 2 N–H and O–H groups in total. The number of anilines is 1. The first-order valence-corrected chi connectivity index (χ1v) is 12.4. The third-order valence-electron chi connectivity index (χ3n) is 5.24. The van der Waals surface area contributed by atoms with Crippen molar-refractivity contribution < 1.29 is 4.79 Å². The SMILES string of the molecule is C[Si](C)(c1ccccc1)c1cc(Cl)ccc1B1NC(=O)c2ccccc2N1. The van der Waals surface area contributed by atoms with Crippen LogP contribution in [0.25, 0.3) is 0 Å². The predicted molar refractivity (Wildman–Crippen MR) is 118 cm³/mol. The second-order valence-electron chi connectivity index (χ2n) is 7.32. The molecule has 3 aromatic carbocycles. The summed E-state index contributed by atoms with van der Waals surface area (Å²) in [6.07, 6.45) is 0. The van der Waals surface area contributed by atoms with Crippen LogP contribution in [0.5, 0.6) is 0 Å². The molecule has 0 spiro atoms. The van der Waals surface area contributed by atoms with Gasteiger partial charge in [0.15, 0.2) is 0 Å². The van der Waals surface area contributed by atoms with Gasteiger partial charge >= 0.3 is 6.98 Å². The van der Waals surface area contributed by atoms with Gasteiger partial charge in [-0.1, -0.05) is 83.6 Å². The van der Waals surface area contributed by atoms with E-state index in [1.165, 1.54) is 10.4 Å². The summed E-state index contributed by atoms with van der Waals surface area (Å²) in [5.41, 5.74) is 2.60. The summed E-state index contributed by atoms with van der Waals surface area (Å²) >= 11 is 6.37. The first kappa shape index (κ1) is 17.9. The van der Waals surface area contributed by atoms with E-state index in [4.69, 9.17) is 11.6 Å². The predicted octanol–water partition coefficient (Wildman–Crippen LogP) is 2.71. The van der Waals surface area contributed by atoms with Gasteiger partial charge in [-0.2, -0.15) is 0 Å². The Balaban J connectivity index is 1.81. The van der Waals surface area contributed by atoms with E-state index in [1.807, 2.05) is 42.5 Å². The number of carbonyl (C=O) groups excluding carboxylic acids is 1. The molecule has 0 fully saturated rings. The Kier molecular flexibility index (Phi) is 4.58. The second-order valence-corrected chi connectivity index (χ2v) is 12.1. The van der Waals surface area contributed by atoms with Crippen molar-refractivity contribution in [3.8, 4) is 0 Å². The molecule has 0 unspecified atom stereocenters. The van der Waals surface area contributed by atoms with Crippen LogP contribution in [0, 0.1) is 0 Å². The summed E-state index contributed by atoms with van der Waals surface area (Å²) in [4.78, 5) is 12.6. The molecule has 1 aliphatic rings. The van der Waals surface area contributed by atoms with Crippen LogP contribution in [0.1, 0.15) is 10.4 Å². The van der Waals surface area contributed by atoms with E-state index in [0.717, 1.165) is 11.2 Å². The molecule has 1 amide bonds. The lowest BCUT2D eigenvalue weighted by Crippen LogP contribution is -2.67. The van der Waals surface area contributed by atoms with Gasteiger partial charge in [0, 0.05) is 10.7 Å². The molecule has 134 valence electrons. The van der Waals surface area contributed by atoms with Gasteiger partial charge in [0.2, 0.25) is 5.91 Å². The van der Waals surface area contributed by atoms with Crippen molar-refractivity contribution in [2.24, 2.45) is 0 Å². The Morgan fingerprint density at radius 3 is 2.37 bits per heavy atom. The Labute approximate surface area is 165 Å². The molecule has 0 aromatic heterocycles. The molecule has 1 aliphatic heterocycles. The Morgan fingerprint density at radius 1 is 0.889 bits per heavy atom. The highest BCUT2D eigenvalue weighted by molar-refractivity contribution is 7.03. The molecule has 3 aromatic rings. The average Bonchev–Trinajstić information content (AvgIpc) is 2.68. The van der Waals surface area contributed by atoms with Crippen LogP contribution in [-0.2, 0) is 0 Å². The Hall–Kier alpha value is -2.50. The van der Waals surface area contributed by atoms with Crippen molar-refractivity contribution in [1.82, 2.24) is 5.23 Å². The minimum atomic E-state index is -2.00. The summed E-state index contributed by atoms with van der Waals surface area (Å²) in [6, 6.07) is 24.1. The summed E-state index contributed by atoms with van der Waals surface area (Å²) in [7, 11) is -2.00. The zero-order chi connectivity index (χ0) is 19.0. The molecular weight excluding hydrogens is 371 g/mol. The number of benzene rings is 3. The first-order chi connectivity index (χ1) is 13.0. The summed E-state index contributed by atoms with van der Waals surface area (Å²) in [6.45, 7) is 4.35. The largest absolute Gasteiger partial charge is 0.408 e. The molecule has 0 saturated carbocycles. The van der Waals surface area contributed by atoms with Gasteiger partial charge in [0.25, 0.3) is 0 Å². The zero-order valence-corrected chi connectivity index (χ0v) is 17.0. The summed E-state index contributed by atoms with van der Waals surface area (Å²) < 4.78 is 0. The molecule has 27 heavy (non-hydrogen) atoms. The van der Waals surface area contributed by atoms with Gasteiger partial charge in [-0.05, 0) is 29.7 Å². The molecule has 0 saturated heterocycles. The van der Waals surface area contributed by atoms with E-state index >= 15 is 0 Å². The molecule has 0 radical (unpaired) electrons. The van der Waals surface area contributed by atoms with Gasteiger partial charge in [0.1, 0.15) is 8.07 Å². The minimum absolute atomic E-state index is 0.0607. The van der Waals surface area contributed by atoms with Gasteiger partial charge < -0.3 is 10.5 Å². The van der Waals surface area contributed by atoms with Crippen LogP contribution in [0.2, 0.25) is 18.1 Å². The quantitative estimate of drug-likeness (QED) is 0.675. The van der Waals surface area contributed by atoms with E-state index in [9.17, 15) is 4.79 Å². The highest BCUT2D eigenvalue weighted by Gasteiger charge is 2.36. The maximum atomic E-state index is 12.6. The third kappa shape index (κ3) is 3.29. The monoisotopic (exact) mass is 390 g/mol. The fourth-order valence-corrected chi connectivity index (χ4v) is 6.76. The minimum Gasteiger partial charge on any atom is -0.405 e. The Bertz CT molecular complexity index is 1010. The van der Waals surface area contributed by atoms with Crippen LogP contribution >= 0.6 is 11.6 Å². The number of hydrogen-bond donors (Lipinski definition) is 2. The summed E-state index contributed by atoms with van der Waals surface area (Å²) in [5, 5.41) is 9.84. The maximum Gasteiger partial charge on any atom is 0.408 e. The van der Waals surface area contributed by atoms with Crippen molar-refractivity contribution in [2.75, 3.05) is 5.23 Å². The number of carbonyl (C=O) groups is 1. The van der Waals surface area contributed by atoms with Gasteiger partial charge in [-0.25, -0.2) is 0 Å². The Morgan fingerprint density at radius 2 is 1.59 bits per heavy atom. The van der Waals surface area contributed by atoms with Gasteiger partial charge in [-0.15, -0.1) is 0 Å². The lowest BCUT2D eigenvalue weighted by atomic mass is 9.66. The molecule has 0 atom stereocenters. The molecule has 3 nitrogen and oxygen atoms in total. The second kappa shape index (κ2) is 6.91. The van der Waals surface area contributed by atoms with E-state index < -0.39 is 8.07 Å². The molecule has 4 rings (SSSR count). The molecule has 0 aliphatic carbocycles. The number of fused-ring (bicyclic) bond motifs is 1. The fourth-order valence-electron chi connectivity index (χ4n) is 3.69. The molecule has 1 heterocycles. The lowest BCUT2D eigenvalue weighted by molar-refractivity contribution is 0.0979. The molecular formula is C21H20BClN2OSi. The zero-order valence-electron chi connectivity index (χ0n) is 15.3. The van der Waals surface area contributed by atoms with Crippen LogP contribution in [0.3, 0.4) is 0 Å². The summed E-state index contributed by atoms with van der Waals surface area (Å²) in [5.74, 6) is -0.0607. The van der Waals surface area contributed by atoms with Crippen LogP contribution in [-0.4, -0.2) is 21.0 Å². The average molecular weight is 391 g/mol. The number of nitrogens with one attached hydrogen (secondary N) is 2. The number of halogens is 1. The van der Waals surface area contributed by atoms with Crippen molar-refractivity contribution in [2.45, 2.75) is 13.1 Å². The van der Waals surface area contributed by atoms with Gasteiger partial charge in [0.05, 0.1) is 5.56 Å². The highest BCUT2D eigenvalue weighted by Crippen LogP contribution is 2.19. The third-order valence-corrected chi connectivity index (χ3v) is 9.03. The molecule has 6 heteroatoms. The van der Waals surface area contributed by atoms with E-state index in [0.29, 0.717) is 10.6 Å². The van der Waals surface area contributed by atoms with Crippen molar-refractivity contribution >= 4 is 54.1 Å². The smallest absolute Gasteiger partial charge is 0.405 e. The fraction of sp³-hybridized carbons (Fsp3) is 0.0952. The highest BCUT2D eigenvalue weighted by atomic mass is 35.5. The number of para-hydroxylation sites is 1. The lowest BCUT2D eigenvalue weighted by Gasteiger charge is -2.31. The van der Waals surface area contributed by atoms with E-state index in [1.54, 1.807) is 0 Å². The van der Waals surface area contributed by atoms with Crippen LogP contribution in [0.4, 0.5) is 5.69 Å². The number of rotatable bonds is 3. The van der Waals surface area contributed by atoms with Crippen molar-refractivity contribution in [1.29, 1.82) is 0 Å². The van der Waals surface area contributed by atoms with Crippen molar-refractivity contribution in [3.63, 3.8) is 0 Å². The van der Waals surface area contributed by atoms with E-state index in [-0.39, 0.29) is 12.9 Å². The van der Waals surface area contributed by atoms with Crippen molar-refractivity contribution in [3.05, 3.63) is 83.4 Å². The molecule has 0 bridgehead atoms. The normalized spacial score (nSPS) is 13.6. The topological polar surface area (TPSA) is 41.1 Å². The van der Waals surface area contributed by atoms with Crippen LogP contribution in [0.15, 0.2) is 72.8 Å². The first-order valence-electron chi connectivity index (χ1n) is 8.99. The maximum absolute atomic E-state index is 12.6. The standard InChI is InChI=1S/C21H20BClN2OSi/c1-27(2,16-8-4-3-5-9-16)20-14-15(23)12-13-18(20)22-24-19-11-7-6-10-17(19)21(26)25-22/h3-14,24H,1-2H3,(H,25,26). The number of amides is 1. The van der Waals surface area contributed by atoms with Crippen LogP contribution < -0.4 is 26.3 Å². The van der Waals surface area contributed by atoms with E-state index in [2.05, 4.69) is 53.9 Å².